The van der Waals surface area contributed by atoms with E-state index in [1.807, 2.05) is 37.4 Å². The Morgan fingerprint density at radius 1 is 1.03 bits per heavy atom. The first-order valence-electron chi connectivity index (χ1n) is 12.8. The number of unbranched alkanes of at least 4 members (excludes halogenated alkanes) is 6. The quantitative estimate of drug-likeness (QED) is 0.223. The van der Waals surface area contributed by atoms with Crippen molar-refractivity contribution < 1.29 is 17.4 Å². The maximum absolute atomic E-state index is 12.7. The second kappa shape index (κ2) is 11.7. The molecule has 8 heteroatoms. The predicted molar refractivity (Wildman–Crippen MR) is 135 cm³/mol. The Labute approximate surface area is 207 Å². The molecule has 1 unspecified atom stereocenters. The number of imidazole rings is 1. The molecule has 190 valence electrons. The zero-order chi connectivity index (χ0) is 24.8. The highest BCUT2D eigenvalue weighted by atomic mass is 32.2. The normalized spacial score (nSPS) is 15.1. The molecule has 4 rings (SSSR count). The largest absolute Gasteiger partial charge is 0.389 e. The minimum Gasteiger partial charge on any atom is -0.306 e. The lowest BCUT2D eigenvalue weighted by atomic mass is 10.0. The van der Waals surface area contributed by atoms with Crippen molar-refractivity contribution >= 4 is 22.0 Å². The minimum absolute atomic E-state index is 0.240. The van der Waals surface area contributed by atoms with Gasteiger partial charge < -0.3 is 4.57 Å². The van der Waals surface area contributed by atoms with Gasteiger partial charge in [0, 0.05) is 34.9 Å². The van der Waals surface area contributed by atoms with E-state index in [4.69, 9.17) is 9.97 Å². The van der Waals surface area contributed by atoms with Crippen LogP contribution in [0, 0.1) is 0 Å². The lowest BCUT2D eigenvalue weighted by Crippen LogP contribution is -2.06. The summed E-state index contributed by atoms with van der Waals surface area (Å²) in [5.41, 5.74) is 3.85. The number of rotatable bonds is 13. The number of nitrogens with zero attached hydrogens (tertiary/aromatic N) is 3. The highest BCUT2D eigenvalue weighted by Gasteiger charge is 2.30. The SMILES string of the molecule is CCS(=O)c1ccccc1-c1nc2cc(CCCCCCCCCC(F)(F)F)cnc2n1C1CC1. The van der Waals surface area contributed by atoms with Gasteiger partial charge in [-0.1, -0.05) is 57.2 Å². The van der Waals surface area contributed by atoms with E-state index < -0.39 is 23.4 Å². The number of halogens is 3. The average Bonchev–Trinajstić information content (AvgIpc) is 3.61. The molecule has 1 aliphatic rings. The fraction of sp³-hybridized carbons (Fsp3) is 0.556. The van der Waals surface area contributed by atoms with E-state index in [1.165, 1.54) is 0 Å². The number of hydrogen-bond acceptors (Lipinski definition) is 3. The van der Waals surface area contributed by atoms with Crippen molar-refractivity contribution in [2.45, 2.75) is 94.7 Å². The summed E-state index contributed by atoms with van der Waals surface area (Å²) in [5.74, 6) is 1.42. The molecule has 35 heavy (non-hydrogen) atoms. The van der Waals surface area contributed by atoms with Gasteiger partial charge in [-0.05, 0) is 49.8 Å². The standard InChI is InChI=1S/C27H34F3N3OS/c1-2-35(34)24-14-10-9-13-22(24)25-32-23-18-20(19-31-26(23)33(25)21-15-16-21)12-8-6-4-3-5-7-11-17-27(28,29)30/h9-10,13-14,18-19,21H,2-8,11-12,15-17H2,1H3. The van der Waals surface area contributed by atoms with Gasteiger partial charge in [0.25, 0.3) is 0 Å². The van der Waals surface area contributed by atoms with Crippen LogP contribution in [0.4, 0.5) is 13.2 Å². The Hall–Kier alpha value is -2.22. The van der Waals surface area contributed by atoms with Crippen LogP contribution in [0.2, 0.25) is 0 Å². The fourth-order valence-corrected chi connectivity index (χ4v) is 5.52. The molecule has 1 saturated carbocycles. The van der Waals surface area contributed by atoms with E-state index >= 15 is 0 Å². The number of hydrogen-bond donors (Lipinski definition) is 0. The molecule has 0 aliphatic heterocycles. The maximum Gasteiger partial charge on any atom is 0.389 e. The van der Waals surface area contributed by atoms with Gasteiger partial charge in [0.2, 0.25) is 0 Å². The summed E-state index contributed by atoms with van der Waals surface area (Å²) in [5, 5.41) is 0. The molecule has 0 N–H and O–H groups in total. The molecule has 1 atom stereocenters. The Kier molecular flexibility index (Phi) is 8.63. The van der Waals surface area contributed by atoms with Gasteiger partial charge in [-0.25, -0.2) is 9.97 Å². The molecule has 2 heterocycles. The zero-order valence-corrected chi connectivity index (χ0v) is 21.1. The fourth-order valence-electron chi connectivity index (χ4n) is 4.57. The van der Waals surface area contributed by atoms with Gasteiger partial charge in [-0.3, -0.25) is 4.21 Å². The Morgan fingerprint density at radius 2 is 1.71 bits per heavy atom. The smallest absolute Gasteiger partial charge is 0.306 e. The zero-order valence-electron chi connectivity index (χ0n) is 20.3. The summed E-state index contributed by atoms with van der Waals surface area (Å²) >= 11 is 0. The molecule has 0 saturated heterocycles. The first-order chi connectivity index (χ1) is 16.9. The molecule has 0 spiro atoms. The molecule has 4 nitrogen and oxygen atoms in total. The van der Waals surface area contributed by atoms with Crippen LogP contribution in [0.1, 0.15) is 82.7 Å². The van der Waals surface area contributed by atoms with E-state index in [2.05, 4.69) is 10.6 Å². The van der Waals surface area contributed by atoms with Crippen LogP contribution in [0.3, 0.4) is 0 Å². The summed E-state index contributed by atoms with van der Waals surface area (Å²) in [6, 6.07) is 10.4. The second-order valence-corrected chi connectivity index (χ2v) is 11.2. The third kappa shape index (κ3) is 6.93. The number of benzene rings is 1. The highest BCUT2D eigenvalue weighted by molar-refractivity contribution is 7.85. The molecule has 0 amide bonds. The molecule has 0 bridgehead atoms. The summed E-state index contributed by atoms with van der Waals surface area (Å²) in [7, 11) is -1.07. The van der Waals surface area contributed by atoms with Gasteiger partial charge in [0.05, 0.1) is 10.8 Å². The first kappa shape index (κ1) is 25.9. The van der Waals surface area contributed by atoms with Crippen LogP contribution >= 0.6 is 0 Å². The van der Waals surface area contributed by atoms with Crippen molar-refractivity contribution in [3.8, 4) is 11.4 Å². The Morgan fingerprint density at radius 3 is 2.40 bits per heavy atom. The van der Waals surface area contributed by atoms with E-state index in [0.29, 0.717) is 18.2 Å². The van der Waals surface area contributed by atoms with Gasteiger partial charge >= 0.3 is 6.18 Å². The summed E-state index contributed by atoms with van der Waals surface area (Å²) in [4.78, 5) is 10.6. The summed E-state index contributed by atoms with van der Waals surface area (Å²) < 4.78 is 51.4. The van der Waals surface area contributed by atoms with Crippen molar-refractivity contribution in [3.63, 3.8) is 0 Å². The second-order valence-electron chi connectivity index (χ2n) is 9.44. The van der Waals surface area contributed by atoms with E-state index in [1.54, 1.807) is 0 Å². The van der Waals surface area contributed by atoms with Crippen LogP contribution < -0.4 is 0 Å². The van der Waals surface area contributed by atoms with Crippen LogP contribution in [0.25, 0.3) is 22.6 Å². The minimum atomic E-state index is -4.03. The molecule has 2 aromatic heterocycles. The van der Waals surface area contributed by atoms with Gasteiger partial charge in [-0.15, -0.1) is 0 Å². The highest BCUT2D eigenvalue weighted by Crippen LogP contribution is 2.41. The molecule has 1 aliphatic carbocycles. The number of aromatic nitrogens is 3. The third-order valence-electron chi connectivity index (χ3n) is 6.56. The van der Waals surface area contributed by atoms with Gasteiger partial charge in [0.1, 0.15) is 11.3 Å². The molecular weight excluding hydrogens is 471 g/mol. The lowest BCUT2D eigenvalue weighted by molar-refractivity contribution is -0.135. The number of alkyl halides is 3. The number of aryl methyl sites for hydroxylation is 1. The molecule has 1 aromatic carbocycles. The van der Waals surface area contributed by atoms with Crippen molar-refractivity contribution in [2.75, 3.05) is 5.75 Å². The molecule has 1 fully saturated rings. The first-order valence-corrected chi connectivity index (χ1v) is 14.1. The summed E-state index contributed by atoms with van der Waals surface area (Å²) in [6.07, 6.45) is 6.29. The monoisotopic (exact) mass is 505 g/mol. The number of pyridine rings is 1. The van der Waals surface area contributed by atoms with E-state index in [9.17, 15) is 17.4 Å². The van der Waals surface area contributed by atoms with Crippen LogP contribution in [0.5, 0.6) is 0 Å². The molecule has 0 radical (unpaired) electrons. The topological polar surface area (TPSA) is 47.8 Å². The Balaban J connectivity index is 1.38. The van der Waals surface area contributed by atoms with Crippen LogP contribution in [0.15, 0.2) is 41.4 Å². The van der Waals surface area contributed by atoms with Gasteiger partial charge in [0.15, 0.2) is 5.65 Å². The molecule has 3 aromatic rings. The average molecular weight is 506 g/mol. The predicted octanol–water partition coefficient (Wildman–Crippen LogP) is 7.79. The lowest BCUT2D eigenvalue weighted by Gasteiger charge is -2.11. The van der Waals surface area contributed by atoms with Crippen LogP contribution in [-0.2, 0) is 17.2 Å². The molecular formula is C27H34F3N3OS. The van der Waals surface area contributed by atoms with Crippen molar-refractivity contribution in [2.24, 2.45) is 0 Å². The third-order valence-corrected chi connectivity index (χ3v) is 7.93. The van der Waals surface area contributed by atoms with Crippen molar-refractivity contribution in [3.05, 3.63) is 42.1 Å². The Bertz CT molecular complexity index is 1150. The maximum atomic E-state index is 12.7. The van der Waals surface area contributed by atoms with Crippen molar-refractivity contribution in [1.82, 2.24) is 14.5 Å². The van der Waals surface area contributed by atoms with E-state index in [0.717, 1.165) is 84.4 Å². The number of fused-ring (bicyclic) bond motifs is 1. The van der Waals surface area contributed by atoms with E-state index in [-0.39, 0.29) is 6.42 Å². The summed E-state index contributed by atoms with van der Waals surface area (Å²) in [6.45, 7) is 1.93. The van der Waals surface area contributed by atoms with Crippen LogP contribution in [-0.4, -0.2) is 30.7 Å². The van der Waals surface area contributed by atoms with Gasteiger partial charge in [-0.2, -0.15) is 13.2 Å². The van der Waals surface area contributed by atoms with Crippen molar-refractivity contribution in [1.29, 1.82) is 0 Å².